The van der Waals surface area contributed by atoms with Gasteiger partial charge in [-0.2, -0.15) is 10.5 Å². The first kappa shape index (κ1) is 36.0. The van der Waals surface area contributed by atoms with Crippen molar-refractivity contribution < 1.29 is 23.8 Å². The lowest BCUT2D eigenvalue weighted by Gasteiger charge is -2.21. The van der Waals surface area contributed by atoms with Crippen molar-refractivity contribution >= 4 is 52.6 Å². The van der Waals surface area contributed by atoms with Crippen LogP contribution in [0, 0.1) is 22.7 Å². The van der Waals surface area contributed by atoms with Gasteiger partial charge in [0.25, 0.3) is 0 Å². The largest absolute Gasteiger partial charge is 0.490 e. The highest BCUT2D eigenvalue weighted by Gasteiger charge is 2.23. The van der Waals surface area contributed by atoms with Crippen molar-refractivity contribution in [1.29, 1.82) is 10.5 Å². The molecule has 0 aliphatic carbocycles. The van der Waals surface area contributed by atoms with Gasteiger partial charge in [-0.3, -0.25) is 0 Å². The number of nitrogens with one attached hydrogen (secondary N) is 2. The number of thiazole rings is 1. The maximum Gasteiger partial charge on any atom is 0.408 e. The summed E-state index contributed by atoms with van der Waals surface area (Å²) in [4.78, 5) is 33.5. The number of esters is 1. The zero-order chi connectivity index (χ0) is 34.8. The van der Waals surface area contributed by atoms with Crippen molar-refractivity contribution in [3.8, 4) is 39.6 Å². The third kappa shape index (κ3) is 9.61. The fraction of sp³-hybridized carbons (Fsp3) is 0.294. The number of hydrogen-bond acceptors (Lipinski definition) is 12. The molecule has 2 N–H and O–H groups in total. The summed E-state index contributed by atoms with van der Waals surface area (Å²) in [5, 5.41) is 29.7. The quantitative estimate of drug-likeness (QED) is 0.0857. The lowest BCUT2D eigenvalue weighted by molar-refractivity contribution is -0.146. The van der Waals surface area contributed by atoms with Crippen molar-refractivity contribution in [3.63, 3.8) is 0 Å². The zero-order valence-corrected chi connectivity index (χ0v) is 29.3. The summed E-state index contributed by atoms with van der Waals surface area (Å²) < 4.78 is 16.1. The van der Waals surface area contributed by atoms with E-state index in [0.717, 1.165) is 16.3 Å². The highest BCUT2D eigenvalue weighted by atomic mass is 35.5. The first-order chi connectivity index (χ1) is 22.9. The van der Waals surface area contributed by atoms with Crippen LogP contribution in [-0.4, -0.2) is 53.9 Å². The van der Waals surface area contributed by atoms with Crippen molar-refractivity contribution in [3.05, 3.63) is 75.8 Å². The minimum atomic E-state index is -0.901. The number of alkyl carbamates (subject to hydrolysis) is 1. The Morgan fingerprint density at radius 3 is 2.29 bits per heavy atom. The Hall–Kier alpha value is -4.82. The second kappa shape index (κ2) is 16.3. The molecule has 0 spiro atoms. The van der Waals surface area contributed by atoms with Gasteiger partial charge in [-0.05, 0) is 57.5 Å². The summed E-state index contributed by atoms with van der Waals surface area (Å²) in [6.45, 7) is 6.68. The molecule has 2 heterocycles. The molecule has 48 heavy (non-hydrogen) atoms. The predicted molar refractivity (Wildman–Crippen MR) is 186 cm³/mol. The summed E-state index contributed by atoms with van der Waals surface area (Å²) in [7, 11) is 1.67. The molecule has 0 aliphatic heterocycles. The number of thioether (sulfide) groups is 1. The number of aromatic nitrogens is 2. The van der Waals surface area contributed by atoms with Crippen LogP contribution in [0.3, 0.4) is 0 Å². The number of pyridine rings is 1. The molecular formula is C34H33ClN6O5S2. The van der Waals surface area contributed by atoms with E-state index in [1.54, 1.807) is 52.1 Å². The van der Waals surface area contributed by atoms with Gasteiger partial charge < -0.3 is 24.8 Å². The minimum absolute atomic E-state index is 0.0469. The van der Waals surface area contributed by atoms with E-state index in [1.165, 1.54) is 30.0 Å². The van der Waals surface area contributed by atoms with E-state index >= 15 is 0 Å². The third-order valence-electron chi connectivity index (χ3n) is 6.45. The van der Waals surface area contributed by atoms with Crippen LogP contribution in [0.15, 0.2) is 58.9 Å². The molecule has 0 saturated carbocycles. The van der Waals surface area contributed by atoms with Crippen LogP contribution in [0.1, 0.15) is 44.5 Å². The Balaban J connectivity index is 1.42. The van der Waals surface area contributed by atoms with E-state index in [1.807, 2.05) is 29.6 Å². The van der Waals surface area contributed by atoms with Gasteiger partial charge in [0.15, 0.2) is 0 Å². The predicted octanol–water partition coefficient (Wildman–Crippen LogP) is 7.44. The molecule has 2 aromatic carbocycles. The molecule has 0 fully saturated rings. The summed E-state index contributed by atoms with van der Waals surface area (Å²) >= 11 is 8.90. The van der Waals surface area contributed by atoms with Crippen molar-refractivity contribution in [2.24, 2.45) is 0 Å². The number of carbonyl (C=O) groups is 2. The minimum Gasteiger partial charge on any atom is -0.490 e. The Morgan fingerprint density at radius 2 is 1.67 bits per heavy atom. The number of benzene rings is 2. The average molecular weight is 705 g/mol. The molecule has 0 radical (unpaired) electrons. The fourth-order valence-corrected chi connectivity index (χ4v) is 6.22. The molecule has 0 aliphatic rings. The Labute approximate surface area is 292 Å². The lowest BCUT2D eigenvalue weighted by atomic mass is 9.96. The van der Waals surface area contributed by atoms with E-state index in [4.69, 9.17) is 30.8 Å². The number of rotatable bonds is 12. The number of nitrogens with zero attached hydrogens (tertiary/aromatic N) is 4. The van der Waals surface area contributed by atoms with Gasteiger partial charge in [0.1, 0.15) is 64.2 Å². The van der Waals surface area contributed by atoms with Gasteiger partial charge >= 0.3 is 12.1 Å². The van der Waals surface area contributed by atoms with E-state index < -0.39 is 23.7 Å². The highest BCUT2D eigenvalue weighted by Crippen LogP contribution is 2.38. The molecule has 14 heteroatoms. The fourth-order valence-electron chi connectivity index (χ4n) is 4.28. The number of carbonyl (C=O) groups excluding carboxylic acids is 2. The normalized spacial score (nSPS) is 11.5. The van der Waals surface area contributed by atoms with E-state index in [0.29, 0.717) is 38.5 Å². The maximum atomic E-state index is 12.2. The van der Waals surface area contributed by atoms with E-state index in [-0.39, 0.29) is 24.3 Å². The number of amides is 1. The van der Waals surface area contributed by atoms with E-state index in [2.05, 4.69) is 27.8 Å². The molecular weight excluding hydrogens is 672 g/mol. The number of halogens is 1. The Kier molecular flexibility index (Phi) is 12.3. The average Bonchev–Trinajstić information content (AvgIpc) is 3.53. The maximum absolute atomic E-state index is 12.2. The number of anilines is 1. The zero-order valence-electron chi connectivity index (χ0n) is 26.9. The van der Waals surface area contributed by atoms with Gasteiger partial charge in [0.2, 0.25) is 0 Å². The summed E-state index contributed by atoms with van der Waals surface area (Å²) in [5.41, 5.74) is 2.70. The molecule has 0 saturated heterocycles. The molecule has 4 aromatic rings. The summed E-state index contributed by atoms with van der Waals surface area (Å²) in [6, 6.07) is 17.9. The van der Waals surface area contributed by atoms with E-state index in [9.17, 15) is 20.1 Å². The smallest absolute Gasteiger partial charge is 0.408 e. The van der Waals surface area contributed by atoms with Gasteiger partial charge in [-0.25, -0.2) is 19.6 Å². The van der Waals surface area contributed by atoms with Crippen molar-refractivity contribution in [2.75, 3.05) is 25.6 Å². The van der Waals surface area contributed by atoms with Crippen LogP contribution in [0.5, 0.6) is 5.75 Å². The molecule has 2 aromatic heterocycles. The molecule has 4 rings (SSSR count). The van der Waals surface area contributed by atoms with Gasteiger partial charge in [0.05, 0.1) is 11.3 Å². The standard InChI is InChI=1S/C34H33ClN6O5S2/c1-20(39-33(43)46-34(2,3)4)32(42)45-15-14-44-25-12-8-21(9-13-25)28-26(16-36)29(38-5)41-31(27(28)17-37)48-19-24-18-47-30(40-24)22-6-10-23(35)11-7-22/h6-13,18,20H,14-15,19H2,1-5H3,(H,38,41)(H,39,43). The Morgan fingerprint density at radius 1 is 1.00 bits per heavy atom. The summed E-state index contributed by atoms with van der Waals surface area (Å²) in [6.07, 6.45) is -0.715. The van der Waals surface area contributed by atoms with Crippen LogP contribution < -0.4 is 15.4 Å². The van der Waals surface area contributed by atoms with Crippen LogP contribution >= 0.6 is 34.7 Å². The molecule has 1 atom stereocenters. The van der Waals surface area contributed by atoms with Crippen LogP contribution in [-0.2, 0) is 20.0 Å². The number of ether oxygens (including phenoxy) is 3. The third-order valence-corrected chi connectivity index (χ3v) is 8.65. The van der Waals surface area contributed by atoms with Gasteiger partial charge in [0, 0.05) is 34.3 Å². The molecule has 1 unspecified atom stereocenters. The van der Waals surface area contributed by atoms with Crippen LogP contribution in [0.25, 0.3) is 21.7 Å². The van der Waals surface area contributed by atoms with Crippen molar-refractivity contribution in [2.45, 2.75) is 50.1 Å². The lowest BCUT2D eigenvalue weighted by Crippen LogP contribution is -2.42. The summed E-state index contributed by atoms with van der Waals surface area (Å²) in [5.74, 6) is 0.681. The molecule has 0 bridgehead atoms. The molecule has 11 nitrogen and oxygen atoms in total. The second-order valence-corrected chi connectivity index (χ2v) is 13.5. The molecule has 248 valence electrons. The SMILES string of the molecule is CNc1nc(SCc2csc(-c3ccc(Cl)cc3)n2)c(C#N)c(-c2ccc(OCCOC(=O)C(C)NC(=O)OC(C)(C)C)cc2)c1C#N. The number of nitriles is 2. The first-order valence-electron chi connectivity index (χ1n) is 14.7. The Bertz CT molecular complexity index is 1840. The monoisotopic (exact) mass is 704 g/mol. The van der Waals surface area contributed by atoms with Gasteiger partial charge in [-0.1, -0.05) is 47.6 Å². The topological polar surface area (TPSA) is 159 Å². The first-order valence-corrected chi connectivity index (χ1v) is 16.9. The van der Waals surface area contributed by atoms with Crippen molar-refractivity contribution in [1.82, 2.24) is 15.3 Å². The molecule has 1 amide bonds. The van der Waals surface area contributed by atoms with Crippen LogP contribution in [0.4, 0.5) is 10.6 Å². The second-order valence-electron chi connectivity index (χ2n) is 11.2. The number of hydrogen-bond donors (Lipinski definition) is 2. The highest BCUT2D eigenvalue weighted by molar-refractivity contribution is 7.98. The van der Waals surface area contributed by atoms with Crippen LogP contribution in [0.2, 0.25) is 5.02 Å². The van der Waals surface area contributed by atoms with Gasteiger partial charge in [-0.15, -0.1) is 11.3 Å².